The van der Waals surface area contributed by atoms with E-state index in [2.05, 4.69) is 20.5 Å². The minimum absolute atomic E-state index is 0.148. The smallest absolute Gasteiger partial charge is 0.330 e. The van der Waals surface area contributed by atoms with E-state index in [-0.39, 0.29) is 11.5 Å². The Hall–Kier alpha value is -2.51. The summed E-state index contributed by atoms with van der Waals surface area (Å²) in [4.78, 5) is 25.6. The second-order valence-electron chi connectivity index (χ2n) is 4.11. The van der Waals surface area contributed by atoms with Crippen LogP contribution >= 0.6 is 0 Å². The minimum Gasteiger partial charge on any atom is -0.383 e. The topological polar surface area (TPSA) is 122 Å². The third kappa shape index (κ3) is 2.67. The summed E-state index contributed by atoms with van der Waals surface area (Å²) in [6.45, 7) is 2.76. The fourth-order valence-corrected chi connectivity index (χ4v) is 1.77. The predicted molar refractivity (Wildman–Crippen MR) is 71.9 cm³/mol. The molecular weight excluding hydrogens is 248 g/mol. The van der Waals surface area contributed by atoms with Crippen molar-refractivity contribution >= 4 is 11.5 Å². The molecule has 19 heavy (non-hydrogen) atoms. The standard InChI is InChI=1S/C11H16N6O2/c1-2-5-17-9(12)8(10(18)15-11(17)19)13-6-7-3-4-14-16-7/h3-4,13H,2,5-6,12H2,1H3,(H,14,16)(H,15,18,19). The Labute approximate surface area is 108 Å². The van der Waals surface area contributed by atoms with Gasteiger partial charge in [-0.2, -0.15) is 5.10 Å². The van der Waals surface area contributed by atoms with E-state index in [4.69, 9.17) is 5.73 Å². The number of aromatic nitrogens is 4. The SMILES string of the molecule is CCCn1c(N)c(NCc2ccn[nH]2)c(=O)[nH]c1=O. The molecule has 0 amide bonds. The van der Waals surface area contributed by atoms with Gasteiger partial charge < -0.3 is 11.1 Å². The molecule has 0 aliphatic heterocycles. The highest BCUT2D eigenvalue weighted by Gasteiger charge is 2.11. The summed E-state index contributed by atoms with van der Waals surface area (Å²) in [5, 5.41) is 9.48. The molecule has 0 aromatic carbocycles. The van der Waals surface area contributed by atoms with Crippen LogP contribution in [0.15, 0.2) is 21.9 Å². The fraction of sp³-hybridized carbons (Fsp3) is 0.364. The van der Waals surface area contributed by atoms with Crippen molar-refractivity contribution < 1.29 is 0 Å². The van der Waals surface area contributed by atoms with Gasteiger partial charge in [-0.05, 0) is 12.5 Å². The molecule has 5 N–H and O–H groups in total. The van der Waals surface area contributed by atoms with Crippen LogP contribution in [0.2, 0.25) is 0 Å². The number of aromatic amines is 2. The zero-order valence-corrected chi connectivity index (χ0v) is 10.6. The van der Waals surface area contributed by atoms with Gasteiger partial charge in [-0.25, -0.2) is 4.79 Å². The number of hydrogen-bond donors (Lipinski definition) is 4. The Morgan fingerprint density at radius 2 is 2.26 bits per heavy atom. The van der Waals surface area contributed by atoms with Gasteiger partial charge in [0.05, 0.1) is 12.2 Å². The molecule has 0 bridgehead atoms. The zero-order chi connectivity index (χ0) is 13.8. The molecule has 2 rings (SSSR count). The fourth-order valence-electron chi connectivity index (χ4n) is 1.77. The van der Waals surface area contributed by atoms with Gasteiger partial charge in [-0.15, -0.1) is 0 Å². The highest BCUT2D eigenvalue weighted by atomic mass is 16.2. The highest BCUT2D eigenvalue weighted by Crippen LogP contribution is 2.11. The van der Waals surface area contributed by atoms with Crippen molar-refractivity contribution in [2.24, 2.45) is 0 Å². The van der Waals surface area contributed by atoms with Crippen LogP contribution in [0.5, 0.6) is 0 Å². The average molecular weight is 264 g/mol. The van der Waals surface area contributed by atoms with Gasteiger partial charge >= 0.3 is 5.69 Å². The maximum Gasteiger partial charge on any atom is 0.330 e. The summed E-state index contributed by atoms with van der Waals surface area (Å²) in [5.74, 6) is 0.148. The molecule has 2 aromatic heterocycles. The molecule has 0 unspecified atom stereocenters. The van der Waals surface area contributed by atoms with E-state index >= 15 is 0 Å². The van der Waals surface area contributed by atoms with Gasteiger partial charge in [-0.3, -0.25) is 19.4 Å². The Balaban J connectivity index is 2.31. The second-order valence-corrected chi connectivity index (χ2v) is 4.11. The van der Waals surface area contributed by atoms with Crippen LogP contribution in [-0.4, -0.2) is 19.7 Å². The van der Waals surface area contributed by atoms with Crippen molar-refractivity contribution in [2.45, 2.75) is 26.4 Å². The predicted octanol–water partition coefficient (Wildman–Crippen LogP) is -0.136. The van der Waals surface area contributed by atoms with E-state index in [1.54, 1.807) is 12.3 Å². The average Bonchev–Trinajstić information content (AvgIpc) is 2.87. The first-order chi connectivity index (χ1) is 9.13. The Kier molecular flexibility index (Phi) is 3.69. The lowest BCUT2D eigenvalue weighted by molar-refractivity contribution is 0.642. The van der Waals surface area contributed by atoms with Crippen LogP contribution in [0.3, 0.4) is 0 Å². The van der Waals surface area contributed by atoms with Gasteiger partial charge in [0.25, 0.3) is 5.56 Å². The number of nitrogens with zero attached hydrogens (tertiary/aromatic N) is 2. The molecule has 0 fully saturated rings. The molecule has 2 heterocycles. The van der Waals surface area contributed by atoms with Gasteiger partial charge in [0, 0.05) is 12.7 Å². The minimum atomic E-state index is -0.519. The van der Waals surface area contributed by atoms with Gasteiger partial charge in [0.15, 0.2) is 0 Å². The van der Waals surface area contributed by atoms with E-state index in [1.807, 2.05) is 6.92 Å². The number of H-pyrrole nitrogens is 2. The molecule has 0 saturated carbocycles. The van der Waals surface area contributed by atoms with Crippen molar-refractivity contribution in [3.05, 3.63) is 38.8 Å². The Morgan fingerprint density at radius 1 is 1.47 bits per heavy atom. The molecule has 2 aromatic rings. The normalized spacial score (nSPS) is 10.6. The molecule has 0 atom stereocenters. The lowest BCUT2D eigenvalue weighted by atomic mass is 10.3. The lowest BCUT2D eigenvalue weighted by Gasteiger charge is -2.12. The number of nitrogens with two attached hydrogens (primary N) is 1. The maximum atomic E-state index is 11.7. The second kappa shape index (κ2) is 5.42. The van der Waals surface area contributed by atoms with Gasteiger partial charge in [-0.1, -0.05) is 6.92 Å². The number of hydrogen-bond acceptors (Lipinski definition) is 5. The molecule has 0 saturated heterocycles. The molecule has 102 valence electrons. The molecule has 0 aliphatic carbocycles. The summed E-state index contributed by atoms with van der Waals surface area (Å²) in [5.41, 5.74) is 5.87. The first-order valence-electron chi connectivity index (χ1n) is 5.98. The van der Waals surface area contributed by atoms with Crippen LogP contribution in [0.25, 0.3) is 0 Å². The zero-order valence-electron chi connectivity index (χ0n) is 10.6. The van der Waals surface area contributed by atoms with Crippen LogP contribution in [0.1, 0.15) is 19.0 Å². The Bertz CT molecular complexity index is 655. The van der Waals surface area contributed by atoms with Crippen LogP contribution < -0.4 is 22.3 Å². The number of nitrogen functional groups attached to an aromatic ring is 1. The van der Waals surface area contributed by atoms with E-state index in [0.29, 0.717) is 13.1 Å². The molecule has 0 radical (unpaired) electrons. The number of rotatable bonds is 5. The summed E-state index contributed by atoms with van der Waals surface area (Å²) in [6.07, 6.45) is 2.36. The summed E-state index contributed by atoms with van der Waals surface area (Å²) < 4.78 is 1.34. The molecule has 0 spiro atoms. The van der Waals surface area contributed by atoms with Crippen molar-refractivity contribution in [1.82, 2.24) is 19.7 Å². The van der Waals surface area contributed by atoms with Crippen LogP contribution in [0, 0.1) is 0 Å². The maximum absolute atomic E-state index is 11.7. The Morgan fingerprint density at radius 3 is 2.89 bits per heavy atom. The first kappa shape index (κ1) is 12.9. The van der Waals surface area contributed by atoms with Crippen molar-refractivity contribution in [2.75, 3.05) is 11.1 Å². The molecule has 8 heteroatoms. The highest BCUT2D eigenvalue weighted by molar-refractivity contribution is 5.60. The van der Waals surface area contributed by atoms with E-state index < -0.39 is 11.2 Å². The molecule has 0 aliphatic rings. The van der Waals surface area contributed by atoms with Crippen LogP contribution in [0.4, 0.5) is 11.5 Å². The number of nitrogens with one attached hydrogen (secondary N) is 3. The van der Waals surface area contributed by atoms with Gasteiger partial charge in [0.1, 0.15) is 11.5 Å². The van der Waals surface area contributed by atoms with E-state index in [1.165, 1.54) is 4.57 Å². The molecule has 8 nitrogen and oxygen atoms in total. The third-order valence-corrected chi connectivity index (χ3v) is 2.70. The largest absolute Gasteiger partial charge is 0.383 e. The number of anilines is 2. The summed E-state index contributed by atoms with van der Waals surface area (Å²) in [7, 11) is 0. The van der Waals surface area contributed by atoms with Gasteiger partial charge in [0.2, 0.25) is 0 Å². The first-order valence-corrected chi connectivity index (χ1v) is 5.98. The quantitative estimate of drug-likeness (QED) is 0.599. The summed E-state index contributed by atoms with van der Waals surface area (Å²) in [6, 6.07) is 1.78. The van der Waals surface area contributed by atoms with Crippen molar-refractivity contribution in [1.29, 1.82) is 0 Å². The van der Waals surface area contributed by atoms with E-state index in [9.17, 15) is 9.59 Å². The van der Waals surface area contributed by atoms with Crippen LogP contribution in [-0.2, 0) is 13.1 Å². The third-order valence-electron chi connectivity index (χ3n) is 2.70. The molecular formula is C11H16N6O2. The lowest BCUT2D eigenvalue weighted by Crippen LogP contribution is -2.34. The summed E-state index contributed by atoms with van der Waals surface area (Å²) >= 11 is 0. The van der Waals surface area contributed by atoms with Crippen molar-refractivity contribution in [3.63, 3.8) is 0 Å². The van der Waals surface area contributed by atoms with E-state index in [0.717, 1.165) is 12.1 Å². The monoisotopic (exact) mass is 264 g/mol. The van der Waals surface area contributed by atoms with Crippen molar-refractivity contribution in [3.8, 4) is 0 Å².